The SMILES string of the molecule is C=C/C(=C\C=C(/CC)c1cnc(NNC(=O)Br)cn1)OC1CC(F)(F)C1. The Labute approximate surface area is 158 Å². The van der Waals surface area contributed by atoms with Gasteiger partial charge in [-0.1, -0.05) is 19.6 Å². The average Bonchev–Trinajstić information content (AvgIpc) is 2.58. The van der Waals surface area contributed by atoms with Gasteiger partial charge in [0.25, 0.3) is 5.92 Å². The van der Waals surface area contributed by atoms with Crippen LogP contribution in [-0.4, -0.2) is 26.8 Å². The maximum Gasteiger partial charge on any atom is 0.305 e. The van der Waals surface area contributed by atoms with E-state index in [-0.39, 0.29) is 12.8 Å². The molecule has 1 aliphatic rings. The van der Waals surface area contributed by atoms with Gasteiger partial charge in [-0.2, -0.15) is 0 Å². The van der Waals surface area contributed by atoms with Crippen molar-refractivity contribution >= 4 is 32.1 Å². The Kier molecular flexibility index (Phi) is 6.84. The number of hydrogen-bond donors (Lipinski definition) is 2. The van der Waals surface area contributed by atoms with Crippen LogP contribution in [0.15, 0.2) is 43.0 Å². The molecular formula is C17H19BrF2N4O2. The van der Waals surface area contributed by atoms with Crippen molar-refractivity contribution in [1.82, 2.24) is 15.4 Å². The number of carbonyl (C=O) groups is 1. The number of alkyl halides is 2. The zero-order valence-electron chi connectivity index (χ0n) is 14.1. The molecule has 0 unspecified atom stereocenters. The van der Waals surface area contributed by atoms with Gasteiger partial charge in [0.1, 0.15) is 11.9 Å². The third kappa shape index (κ3) is 5.91. The molecule has 1 aromatic heterocycles. The maximum absolute atomic E-state index is 12.9. The van der Waals surface area contributed by atoms with E-state index < -0.39 is 16.8 Å². The Bertz CT molecular complexity index is 712. The molecule has 9 heteroatoms. The fourth-order valence-corrected chi connectivity index (χ4v) is 2.38. The van der Waals surface area contributed by atoms with Crippen LogP contribution in [-0.2, 0) is 4.74 Å². The Morgan fingerprint density at radius 1 is 1.42 bits per heavy atom. The molecule has 2 N–H and O–H groups in total. The zero-order chi connectivity index (χ0) is 19.2. The smallest absolute Gasteiger partial charge is 0.305 e. The molecular weight excluding hydrogens is 410 g/mol. The number of allylic oxidation sites excluding steroid dienone is 4. The summed E-state index contributed by atoms with van der Waals surface area (Å²) >= 11 is 2.72. The van der Waals surface area contributed by atoms with Gasteiger partial charge in [0.15, 0.2) is 5.82 Å². The zero-order valence-corrected chi connectivity index (χ0v) is 15.7. The van der Waals surface area contributed by atoms with Crippen LogP contribution in [0.1, 0.15) is 31.9 Å². The molecule has 0 saturated heterocycles. The van der Waals surface area contributed by atoms with E-state index in [0.717, 1.165) is 5.57 Å². The molecule has 1 amide bonds. The summed E-state index contributed by atoms with van der Waals surface area (Å²) in [7, 11) is 0. The van der Waals surface area contributed by atoms with Gasteiger partial charge in [-0.15, -0.1) is 0 Å². The summed E-state index contributed by atoms with van der Waals surface area (Å²) in [5.74, 6) is -1.81. The highest BCUT2D eigenvalue weighted by atomic mass is 79.9. The van der Waals surface area contributed by atoms with Gasteiger partial charge in [-0.3, -0.25) is 20.6 Å². The van der Waals surface area contributed by atoms with Crippen LogP contribution < -0.4 is 10.9 Å². The van der Waals surface area contributed by atoms with Crippen LogP contribution in [0.25, 0.3) is 5.57 Å². The highest BCUT2D eigenvalue weighted by Gasteiger charge is 2.47. The number of nitrogens with zero attached hydrogens (tertiary/aromatic N) is 2. The number of amides is 1. The molecule has 1 aliphatic carbocycles. The summed E-state index contributed by atoms with van der Waals surface area (Å²) in [5, 5.41) is 0. The third-order valence-corrected chi connectivity index (χ3v) is 3.85. The maximum atomic E-state index is 12.9. The first kappa shape index (κ1) is 20.0. The van der Waals surface area contributed by atoms with E-state index in [0.29, 0.717) is 23.7 Å². The Hall–Kier alpha value is -2.29. The van der Waals surface area contributed by atoms with Gasteiger partial charge in [-0.25, -0.2) is 13.8 Å². The molecule has 0 aromatic carbocycles. The van der Waals surface area contributed by atoms with Crippen molar-refractivity contribution in [1.29, 1.82) is 0 Å². The number of nitrogens with one attached hydrogen (secondary N) is 2. The molecule has 0 bridgehead atoms. The van der Waals surface area contributed by atoms with Gasteiger partial charge >= 0.3 is 4.82 Å². The number of ether oxygens (including phenoxy) is 1. The monoisotopic (exact) mass is 428 g/mol. The highest BCUT2D eigenvalue weighted by molar-refractivity contribution is 9.18. The Morgan fingerprint density at radius 2 is 2.15 bits per heavy atom. The van der Waals surface area contributed by atoms with Crippen molar-refractivity contribution in [3.8, 4) is 0 Å². The molecule has 1 fully saturated rings. The minimum absolute atomic E-state index is 0.270. The number of halogens is 3. The van der Waals surface area contributed by atoms with Crippen molar-refractivity contribution < 1.29 is 18.3 Å². The highest BCUT2D eigenvalue weighted by Crippen LogP contribution is 2.40. The second-order valence-corrected chi connectivity index (χ2v) is 6.35. The molecule has 1 saturated carbocycles. The molecule has 26 heavy (non-hydrogen) atoms. The summed E-state index contributed by atoms with van der Waals surface area (Å²) in [5.41, 5.74) is 6.45. The lowest BCUT2D eigenvalue weighted by molar-refractivity contribution is -0.149. The summed E-state index contributed by atoms with van der Waals surface area (Å²) in [4.78, 5) is 18.8. The number of aromatic nitrogens is 2. The molecule has 0 aliphatic heterocycles. The van der Waals surface area contributed by atoms with E-state index in [1.807, 2.05) is 6.92 Å². The number of hydrazine groups is 1. The van der Waals surface area contributed by atoms with Crippen LogP contribution >= 0.6 is 15.9 Å². The van der Waals surface area contributed by atoms with Crippen LogP contribution in [0.5, 0.6) is 0 Å². The summed E-state index contributed by atoms with van der Waals surface area (Å²) < 4.78 is 31.3. The van der Waals surface area contributed by atoms with Crippen LogP contribution in [0, 0.1) is 0 Å². The molecule has 0 radical (unpaired) electrons. The molecule has 6 nitrogen and oxygen atoms in total. The van der Waals surface area contributed by atoms with Crippen molar-refractivity contribution in [3.63, 3.8) is 0 Å². The minimum atomic E-state index is -2.62. The molecule has 1 aromatic rings. The molecule has 2 rings (SSSR count). The molecule has 1 heterocycles. The summed E-state index contributed by atoms with van der Waals surface area (Å²) in [6.07, 6.45) is 7.67. The fraction of sp³-hybridized carbons (Fsp3) is 0.353. The van der Waals surface area contributed by atoms with Crippen LogP contribution in [0.4, 0.5) is 19.4 Å². The Morgan fingerprint density at radius 3 is 2.65 bits per heavy atom. The largest absolute Gasteiger partial charge is 0.490 e. The lowest BCUT2D eigenvalue weighted by atomic mass is 9.91. The van der Waals surface area contributed by atoms with Gasteiger partial charge in [-0.05, 0) is 24.1 Å². The topological polar surface area (TPSA) is 76.1 Å². The number of carbonyl (C=O) groups excluding carboxylic acids is 1. The third-order valence-electron chi connectivity index (χ3n) is 3.66. The van der Waals surface area contributed by atoms with Crippen molar-refractivity contribution in [2.24, 2.45) is 0 Å². The van der Waals surface area contributed by atoms with Gasteiger partial charge < -0.3 is 4.74 Å². The molecule has 0 atom stereocenters. The van der Waals surface area contributed by atoms with E-state index in [4.69, 9.17) is 4.74 Å². The first-order chi connectivity index (χ1) is 12.3. The summed E-state index contributed by atoms with van der Waals surface area (Å²) in [6, 6.07) is 0. The van der Waals surface area contributed by atoms with E-state index in [2.05, 4.69) is 43.3 Å². The minimum Gasteiger partial charge on any atom is -0.490 e. The van der Waals surface area contributed by atoms with Crippen molar-refractivity contribution in [2.75, 3.05) is 5.43 Å². The van der Waals surface area contributed by atoms with Gasteiger partial charge in [0, 0.05) is 28.8 Å². The normalized spacial score (nSPS) is 17.2. The van der Waals surface area contributed by atoms with Gasteiger partial charge in [0.2, 0.25) is 0 Å². The van der Waals surface area contributed by atoms with E-state index in [9.17, 15) is 13.6 Å². The second-order valence-electron chi connectivity index (χ2n) is 5.63. The fourth-order valence-electron chi connectivity index (χ4n) is 2.28. The number of anilines is 1. The molecule has 140 valence electrons. The van der Waals surface area contributed by atoms with Crippen LogP contribution in [0.3, 0.4) is 0 Å². The van der Waals surface area contributed by atoms with Crippen molar-refractivity contribution in [3.05, 3.63) is 48.7 Å². The lowest BCUT2D eigenvalue weighted by Gasteiger charge is -2.35. The number of hydrogen-bond acceptors (Lipinski definition) is 5. The Balaban J connectivity index is 2.03. The van der Waals surface area contributed by atoms with E-state index in [1.54, 1.807) is 18.3 Å². The molecule has 0 spiro atoms. The first-order valence-corrected chi connectivity index (χ1v) is 8.74. The second kappa shape index (κ2) is 8.88. The average molecular weight is 429 g/mol. The predicted octanol–water partition coefficient (Wildman–Crippen LogP) is 4.59. The van der Waals surface area contributed by atoms with Gasteiger partial charge in [0.05, 0.1) is 18.1 Å². The van der Waals surface area contributed by atoms with E-state index >= 15 is 0 Å². The predicted molar refractivity (Wildman–Crippen MR) is 98.7 cm³/mol. The standard InChI is InChI=1S/C17H19BrF2N4O2/c1-3-11(14-9-22-15(10-21-14)23-24-16(18)25)5-6-12(4-2)26-13-7-17(19,20)8-13/h4-6,9-10,13H,2-3,7-8H2,1H3,(H,22,23)(H,24,25)/b11-5+,12-6+. The first-order valence-electron chi connectivity index (χ1n) is 7.94. The van der Waals surface area contributed by atoms with Crippen LogP contribution in [0.2, 0.25) is 0 Å². The number of rotatable bonds is 8. The van der Waals surface area contributed by atoms with Crippen molar-refractivity contribution in [2.45, 2.75) is 38.2 Å². The lowest BCUT2D eigenvalue weighted by Crippen LogP contribution is -2.41. The van der Waals surface area contributed by atoms with E-state index in [1.165, 1.54) is 12.3 Å². The summed E-state index contributed by atoms with van der Waals surface area (Å²) in [6.45, 7) is 5.60. The quantitative estimate of drug-likeness (QED) is 0.208.